The maximum Gasteiger partial charge on any atom is 0.412 e. The third-order valence-corrected chi connectivity index (χ3v) is 4.49. The minimum atomic E-state index is -0.672. The van der Waals surface area contributed by atoms with Crippen LogP contribution in [0.25, 0.3) is 11.3 Å². The molecule has 0 radical (unpaired) electrons. The Hall–Kier alpha value is -3.32. The summed E-state index contributed by atoms with van der Waals surface area (Å²) < 4.78 is 10.8. The van der Waals surface area contributed by atoms with Crippen LogP contribution in [0.15, 0.2) is 53.1 Å². The Bertz CT molecular complexity index is 1010. The number of hydrogen-bond acceptors (Lipinski definition) is 5. The zero-order valence-electron chi connectivity index (χ0n) is 15.2. The molecule has 144 valence electrons. The third kappa shape index (κ3) is 4.15. The number of benzene rings is 2. The molecule has 1 aromatic heterocycles. The summed E-state index contributed by atoms with van der Waals surface area (Å²) in [6.07, 6.45) is -1.22. The highest BCUT2D eigenvalue weighted by Crippen LogP contribution is 2.32. The minimum Gasteiger partial charge on any atom is -0.441 e. The Balaban J connectivity index is 1.77. The van der Waals surface area contributed by atoms with Crippen molar-refractivity contribution in [2.45, 2.75) is 20.0 Å². The van der Waals surface area contributed by atoms with Gasteiger partial charge in [0.15, 0.2) is 5.76 Å². The number of anilines is 1. The van der Waals surface area contributed by atoms with Crippen molar-refractivity contribution in [2.75, 3.05) is 5.32 Å². The van der Waals surface area contributed by atoms with Gasteiger partial charge in [0.2, 0.25) is 5.91 Å². The average molecular weight is 400 g/mol. The van der Waals surface area contributed by atoms with E-state index in [2.05, 4.69) is 10.5 Å². The van der Waals surface area contributed by atoms with E-state index in [0.29, 0.717) is 38.9 Å². The standard InChI is InChI=1S/C20H18ClN3O4/c1-11-17(18(28-24-11)13-7-9-14(10-8-13)19(22)25)23-20(26)27-12(2)15-5-3-4-6-16(15)21/h3-10,12H,1-2H3,(H2,22,25)(H,23,26). The molecule has 0 saturated carbocycles. The summed E-state index contributed by atoms with van der Waals surface area (Å²) in [5.74, 6) is -0.188. The number of nitrogens with two attached hydrogens (primary N) is 1. The van der Waals surface area contributed by atoms with E-state index < -0.39 is 18.1 Å². The van der Waals surface area contributed by atoms with Crippen LogP contribution in [0.5, 0.6) is 0 Å². The van der Waals surface area contributed by atoms with E-state index >= 15 is 0 Å². The number of aromatic nitrogens is 1. The molecule has 0 aliphatic carbocycles. The number of amides is 2. The van der Waals surface area contributed by atoms with Gasteiger partial charge in [-0.1, -0.05) is 47.1 Å². The van der Waals surface area contributed by atoms with Crippen LogP contribution in [-0.2, 0) is 4.74 Å². The highest BCUT2D eigenvalue weighted by atomic mass is 35.5. The molecule has 1 unspecified atom stereocenters. The van der Waals surface area contributed by atoms with Gasteiger partial charge in [-0.25, -0.2) is 4.79 Å². The van der Waals surface area contributed by atoms with E-state index in [0.717, 1.165) is 0 Å². The molecule has 0 aliphatic rings. The van der Waals surface area contributed by atoms with Gasteiger partial charge in [-0.2, -0.15) is 0 Å². The summed E-state index contributed by atoms with van der Waals surface area (Å²) in [4.78, 5) is 23.6. The zero-order valence-corrected chi connectivity index (χ0v) is 16.0. The quantitative estimate of drug-likeness (QED) is 0.645. The number of halogens is 1. The Labute approximate surface area is 166 Å². The van der Waals surface area contributed by atoms with Gasteiger partial charge in [-0.05, 0) is 32.0 Å². The van der Waals surface area contributed by atoms with E-state index in [1.54, 1.807) is 56.3 Å². The molecule has 0 saturated heterocycles. The molecule has 3 N–H and O–H groups in total. The minimum absolute atomic E-state index is 0.343. The molecule has 28 heavy (non-hydrogen) atoms. The summed E-state index contributed by atoms with van der Waals surface area (Å²) in [7, 11) is 0. The highest BCUT2D eigenvalue weighted by Gasteiger charge is 2.20. The van der Waals surface area contributed by atoms with Gasteiger partial charge >= 0.3 is 6.09 Å². The van der Waals surface area contributed by atoms with Crippen molar-refractivity contribution in [3.8, 4) is 11.3 Å². The Morgan fingerprint density at radius 1 is 1.18 bits per heavy atom. The molecule has 3 rings (SSSR count). The fourth-order valence-electron chi connectivity index (χ4n) is 2.66. The predicted octanol–water partition coefficient (Wildman–Crippen LogP) is 4.71. The predicted molar refractivity (Wildman–Crippen MR) is 105 cm³/mol. The van der Waals surface area contributed by atoms with Crippen molar-refractivity contribution in [1.29, 1.82) is 0 Å². The lowest BCUT2D eigenvalue weighted by Crippen LogP contribution is -2.17. The van der Waals surface area contributed by atoms with Gasteiger partial charge in [-0.15, -0.1) is 0 Å². The first-order valence-corrected chi connectivity index (χ1v) is 8.83. The second-order valence-corrected chi connectivity index (χ2v) is 6.51. The summed E-state index contributed by atoms with van der Waals surface area (Å²) in [5.41, 5.74) is 7.80. The van der Waals surface area contributed by atoms with Gasteiger partial charge < -0.3 is 15.0 Å². The number of nitrogens with one attached hydrogen (secondary N) is 1. The van der Waals surface area contributed by atoms with Crippen LogP contribution in [0.1, 0.15) is 34.6 Å². The molecule has 1 atom stereocenters. The highest BCUT2D eigenvalue weighted by molar-refractivity contribution is 6.31. The number of rotatable bonds is 5. The van der Waals surface area contributed by atoms with E-state index in [4.69, 9.17) is 26.6 Å². The van der Waals surface area contributed by atoms with Crippen molar-refractivity contribution in [3.63, 3.8) is 0 Å². The molecule has 0 aliphatic heterocycles. The Kier molecular flexibility index (Phi) is 5.65. The lowest BCUT2D eigenvalue weighted by molar-refractivity contribution is 0.1000. The molecule has 3 aromatic rings. The second-order valence-electron chi connectivity index (χ2n) is 6.11. The first-order chi connectivity index (χ1) is 13.4. The molecule has 7 nitrogen and oxygen atoms in total. The monoisotopic (exact) mass is 399 g/mol. The van der Waals surface area contributed by atoms with Gasteiger partial charge in [0.25, 0.3) is 0 Å². The molecule has 2 aromatic carbocycles. The normalized spacial score (nSPS) is 11.7. The Morgan fingerprint density at radius 2 is 1.86 bits per heavy atom. The van der Waals surface area contributed by atoms with Crippen LogP contribution in [-0.4, -0.2) is 17.2 Å². The van der Waals surface area contributed by atoms with Crippen molar-refractivity contribution in [3.05, 3.63) is 70.4 Å². The first-order valence-electron chi connectivity index (χ1n) is 8.45. The number of carbonyl (C=O) groups excluding carboxylic acids is 2. The molecule has 0 fully saturated rings. The van der Waals surface area contributed by atoms with E-state index in [1.165, 1.54) is 0 Å². The lowest BCUT2D eigenvalue weighted by Gasteiger charge is -2.15. The topological polar surface area (TPSA) is 107 Å². The van der Waals surface area contributed by atoms with Gasteiger partial charge in [0, 0.05) is 21.7 Å². The number of ether oxygens (including phenoxy) is 1. The van der Waals surface area contributed by atoms with Crippen LogP contribution in [0.4, 0.5) is 10.5 Å². The van der Waals surface area contributed by atoms with Crippen molar-refractivity contribution >= 4 is 29.3 Å². The molecule has 2 amide bonds. The van der Waals surface area contributed by atoms with E-state index in [-0.39, 0.29) is 0 Å². The molecule has 0 spiro atoms. The fourth-order valence-corrected chi connectivity index (χ4v) is 2.95. The summed E-state index contributed by atoms with van der Waals surface area (Å²) in [6, 6.07) is 13.6. The maximum absolute atomic E-state index is 12.4. The van der Waals surface area contributed by atoms with E-state index in [1.807, 2.05) is 6.07 Å². The van der Waals surface area contributed by atoms with Crippen molar-refractivity contribution in [2.24, 2.45) is 5.73 Å². The summed E-state index contributed by atoms with van der Waals surface area (Å²) in [5, 5.41) is 7.07. The van der Waals surface area contributed by atoms with Crippen LogP contribution in [0, 0.1) is 6.92 Å². The number of nitrogens with zero attached hydrogens (tertiary/aromatic N) is 1. The third-order valence-electron chi connectivity index (χ3n) is 4.15. The Morgan fingerprint density at radius 3 is 2.50 bits per heavy atom. The fraction of sp³-hybridized carbons (Fsp3) is 0.150. The molecule has 8 heteroatoms. The SMILES string of the molecule is Cc1noc(-c2ccc(C(N)=O)cc2)c1NC(=O)OC(C)c1ccccc1Cl. The van der Waals surface area contributed by atoms with Crippen LogP contribution in [0.2, 0.25) is 5.02 Å². The molecule has 1 heterocycles. The summed E-state index contributed by atoms with van der Waals surface area (Å²) in [6.45, 7) is 3.42. The molecule has 0 bridgehead atoms. The second kappa shape index (κ2) is 8.14. The number of aryl methyl sites for hydroxylation is 1. The number of hydrogen-bond donors (Lipinski definition) is 2. The summed E-state index contributed by atoms with van der Waals surface area (Å²) >= 11 is 6.14. The largest absolute Gasteiger partial charge is 0.441 e. The number of carbonyl (C=O) groups is 2. The van der Waals surface area contributed by atoms with Crippen LogP contribution in [0.3, 0.4) is 0 Å². The molecular weight excluding hydrogens is 382 g/mol. The molecular formula is C20H18ClN3O4. The van der Waals surface area contributed by atoms with Crippen LogP contribution < -0.4 is 11.1 Å². The lowest BCUT2D eigenvalue weighted by atomic mass is 10.1. The maximum atomic E-state index is 12.4. The van der Waals surface area contributed by atoms with Gasteiger partial charge in [-0.3, -0.25) is 10.1 Å². The van der Waals surface area contributed by atoms with Crippen LogP contribution >= 0.6 is 11.6 Å². The zero-order chi connectivity index (χ0) is 20.3. The van der Waals surface area contributed by atoms with E-state index in [9.17, 15) is 9.59 Å². The smallest absolute Gasteiger partial charge is 0.412 e. The first kappa shape index (κ1) is 19.4. The van der Waals surface area contributed by atoms with Gasteiger partial charge in [0.1, 0.15) is 17.5 Å². The van der Waals surface area contributed by atoms with Gasteiger partial charge in [0.05, 0.1) is 0 Å². The van der Waals surface area contributed by atoms with Crippen molar-refractivity contribution in [1.82, 2.24) is 5.16 Å². The number of primary amides is 1. The van der Waals surface area contributed by atoms with Crippen molar-refractivity contribution < 1.29 is 18.8 Å². The average Bonchev–Trinajstić information content (AvgIpc) is 3.02.